The molecule has 22 heavy (non-hydrogen) atoms. The SMILES string of the molecule is CCNC(=NCC1CCCO1)N1CCN(C(=O)OCC)CC1. The summed E-state index contributed by atoms with van der Waals surface area (Å²) in [6.45, 7) is 9.60. The fourth-order valence-corrected chi connectivity index (χ4v) is 2.72. The number of carbonyl (C=O) groups is 1. The van der Waals surface area contributed by atoms with Gasteiger partial charge in [0.1, 0.15) is 0 Å². The van der Waals surface area contributed by atoms with E-state index in [0.29, 0.717) is 26.2 Å². The zero-order valence-corrected chi connectivity index (χ0v) is 13.7. The molecule has 0 radical (unpaired) electrons. The van der Waals surface area contributed by atoms with Gasteiger partial charge in [0.25, 0.3) is 0 Å². The fourth-order valence-electron chi connectivity index (χ4n) is 2.72. The van der Waals surface area contributed by atoms with Crippen molar-refractivity contribution in [2.75, 3.05) is 52.5 Å². The van der Waals surface area contributed by atoms with E-state index in [-0.39, 0.29) is 12.2 Å². The van der Waals surface area contributed by atoms with Crippen LogP contribution >= 0.6 is 0 Å². The number of rotatable bonds is 4. The summed E-state index contributed by atoms with van der Waals surface area (Å²) in [5, 5.41) is 3.33. The van der Waals surface area contributed by atoms with E-state index in [1.807, 2.05) is 6.92 Å². The van der Waals surface area contributed by atoms with Gasteiger partial charge >= 0.3 is 6.09 Å². The normalized spacial score (nSPS) is 22.8. The molecule has 2 heterocycles. The summed E-state index contributed by atoms with van der Waals surface area (Å²) in [6.07, 6.45) is 2.27. The Morgan fingerprint density at radius 1 is 1.27 bits per heavy atom. The molecule has 0 aromatic rings. The molecule has 126 valence electrons. The van der Waals surface area contributed by atoms with Gasteiger partial charge in [0, 0.05) is 39.3 Å². The average Bonchev–Trinajstić information content (AvgIpc) is 3.05. The van der Waals surface area contributed by atoms with Gasteiger partial charge in [-0.15, -0.1) is 0 Å². The van der Waals surface area contributed by atoms with Crippen LogP contribution in [-0.2, 0) is 9.47 Å². The number of nitrogens with one attached hydrogen (secondary N) is 1. The van der Waals surface area contributed by atoms with Crippen LogP contribution < -0.4 is 5.32 Å². The average molecular weight is 312 g/mol. The van der Waals surface area contributed by atoms with Crippen LogP contribution in [0.25, 0.3) is 0 Å². The standard InChI is InChI=1S/C15H28N4O3/c1-3-16-14(17-12-13-6-5-11-22-13)18-7-9-19(10-8-18)15(20)21-4-2/h13H,3-12H2,1-2H3,(H,16,17). The first-order valence-corrected chi connectivity index (χ1v) is 8.31. The summed E-state index contributed by atoms with van der Waals surface area (Å²) in [7, 11) is 0. The van der Waals surface area contributed by atoms with E-state index in [2.05, 4.69) is 17.1 Å². The Labute approximate surface area is 132 Å². The van der Waals surface area contributed by atoms with Gasteiger partial charge in [-0.2, -0.15) is 0 Å². The highest BCUT2D eigenvalue weighted by Crippen LogP contribution is 2.12. The Bertz CT molecular complexity index is 375. The number of hydrogen-bond donors (Lipinski definition) is 1. The van der Waals surface area contributed by atoms with E-state index in [0.717, 1.165) is 45.0 Å². The molecule has 2 aliphatic rings. The van der Waals surface area contributed by atoms with Gasteiger partial charge in [-0.05, 0) is 26.7 Å². The van der Waals surface area contributed by atoms with Crippen LogP contribution in [0.15, 0.2) is 4.99 Å². The molecule has 0 saturated carbocycles. The molecule has 1 N–H and O–H groups in total. The minimum atomic E-state index is -0.219. The molecule has 2 aliphatic heterocycles. The van der Waals surface area contributed by atoms with Gasteiger partial charge < -0.3 is 24.6 Å². The van der Waals surface area contributed by atoms with E-state index in [1.54, 1.807) is 4.90 Å². The molecule has 0 spiro atoms. The van der Waals surface area contributed by atoms with Gasteiger partial charge in [0.2, 0.25) is 0 Å². The Kier molecular flexibility index (Phi) is 6.76. The van der Waals surface area contributed by atoms with Crippen LogP contribution in [0.4, 0.5) is 4.79 Å². The predicted octanol–water partition coefficient (Wildman–Crippen LogP) is 0.905. The molecular formula is C15H28N4O3. The second-order valence-electron chi connectivity index (χ2n) is 5.50. The third-order valence-electron chi connectivity index (χ3n) is 3.91. The summed E-state index contributed by atoms with van der Waals surface area (Å²) in [6, 6.07) is 0. The summed E-state index contributed by atoms with van der Waals surface area (Å²) < 4.78 is 10.7. The Balaban J connectivity index is 1.84. The molecule has 2 fully saturated rings. The highest BCUT2D eigenvalue weighted by molar-refractivity contribution is 5.80. The maximum absolute atomic E-state index is 11.7. The lowest BCUT2D eigenvalue weighted by atomic mass is 10.2. The molecule has 7 nitrogen and oxygen atoms in total. The largest absolute Gasteiger partial charge is 0.450 e. The van der Waals surface area contributed by atoms with Crippen LogP contribution in [0.5, 0.6) is 0 Å². The molecule has 2 saturated heterocycles. The van der Waals surface area contributed by atoms with Gasteiger partial charge in [0.05, 0.1) is 19.3 Å². The van der Waals surface area contributed by atoms with Gasteiger partial charge in [-0.1, -0.05) is 0 Å². The quantitative estimate of drug-likeness (QED) is 0.617. The first-order valence-electron chi connectivity index (χ1n) is 8.31. The van der Waals surface area contributed by atoms with Gasteiger partial charge in [0.15, 0.2) is 5.96 Å². The second-order valence-corrected chi connectivity index (χ2v) is 5.50. The van der Waals surface area contributed by atoms with Crippen molar-refractivity contribution >= 4 is 12.1 Å². The monoisotopic (exact) mass is 312 g/mol. The highest BCUT2D eigenvalue weighted by Gasteiger charge is 2.24. The van der Waals surface area contributed by atoms with E-state index < -0.39 is 0 Å². The molecule has 2 rings (SSSR count). The highest BCUT2D eigenvalue weighted by atomic mass is 16.6. The van der Waals surface area contributed by atoms with Crippen LogP contribution in [0.1, 0.15) is 26.7 Å². The molecule has 0 aromatic heterocycles. The molecule has 7 heteroatoms. The maximum atomic E-state index is 11.7. The third-order valence-corrected chi connectivity index (χ3v) is 3.91. The number of amides is 1. The molecule has 0 aliphatic carbocycles. The van der Waals surface area contributed by atoms with E-state index in [9.17, 15) is 4.79 Å². The van der Waals surface area contributed by atoms with Gasteiger partial charge in [-0.3, -0.25) is 4.99 Å². The van der Waals surface area contributed by atoms with Crippen molar-refractivity contribution in [3.05, 3.63) is 0 Å². The van der Waals surface area contributed by atoms with E-state index in [1.165, 1.54) is 0 Å². The number of carbonyl (C=O) groups excluding carboxylic acids is 1. The third kappa shape index (κ3) is 4.76. The van der Waals surface area contributed by atoms with Crippen molar-refractivity contribution in [2.24, 2.45) is 4.99 Å². The topological polar surface area (TPSA) is 66.4 Å². The number of nitrogens with zero attached hydrogens (tertiary/aromatic N) is 3. The number of ether oxygens (including phenoxy) is 2. The van der Waals surface area contributed by atoms with Crippen molar-refractivity contribution in [2.45, 2.75) is 32.8 Å². The number of piperazine rings is 1. The van der Waals surface area contributed by atoms with Crippen LogP contribution in [-0.4, -0.2) is 80.4 Å². The lowest BCUT2D eigenvalue weighted by molar-refractivity contribution is 0.0912. The molecule has 0 bridgehead atoms. The van der Waals surface area contributed by atoms with Crippen LogP contribution in [0.3, 0.4) is 0 Å². The predicted molar refractivity (Wildman–Crippen MR) is 85.1 cm³/mol. The lowest BCUT2D eigenvalue weighted by Gasteiger charge is -2.36. The van der Waals surface area contributed by atoms with Crippen molar-refractivity contribution < 1.29 is 14.3 Å². The summed E-state index contributed by atoms with van der Waals surface area (Å²) >= 11 is 0. The first kappa shape index (κ1) is 16.9. The Morgan fingerprint density at radius 2 is 2.00 bits per heavy atom. The number of guanidine groups is 1. The lowest BCUT2D eigenvalue weighted by Crippen LogP contribution is -2.54. The second kappa shape index (κ2) is 8.82. The first-order chi connectivity index (χ1) is 10.7. The fraction of sp³-hybridized carbons (Fsp3) is 0.867. The van der Waals surface area contributed by atoms with Crippen molar-refractivity contribution in [3.63, 3.8) is 0 Å². The van der Waals surface area contributed by atoms with Crippen molar-refractivity contribution in [3.8, 4) is 0 Å². The minimum Gasteiger partial charge on any atom is -0.450 e. The van der Waals surface area contributed by atoms with E-state index in [4.69, 9.17) is 14.5 Å². The minimum absolute atomic E-state index is 0.219. The molecule has 1 amide bonds. The molecule has 1 unspecified atom stereocenters. The zero-order valence-electron chi connectivity index (χ0n) is 13.7. The molecular weight excluding hydrogens is 284 g/mol. The summed E-state index contributed by atoms with van der Waals surface area (Å²) in [5.74, 6) is 0.918. The van der Waals surface area contributed by atoms with Gasteiger partial charge in [-0.25, -0.2) is 4.79 Å². The smallest absolute Gasteiger partial charge is 0.409 e. The maximum Gasteiger partial charge on any atom is 0.409 e. The molecule has 1 atom stereocenters. The van der Waals surface area contributed by atoms with Crippen LogP contribution in [0, 0.1) is 0 Å². The number of aliphatic imine (C=N–C) groups is 1. The summed E-state index contributed by atoms with van der Waals surface area (Å²) in [4.78, 5) is 20.4. The van der Waals surface area contributed by atoms with E-state index >= 15 is 0 Å². The van der Waals surface area contributed by atoms with Crippen LogP contribution in [0.2, 0.25) is 0 Å². The van der Waals surface area contributed by atoms with Crippen molar-refractivity contribution in [1.29, 1.82) is 0 Å². The Hall–Kier alpha value is -1.50. The Morgan fingerprint density at radius 3 is 2.59 bits per heavy atom. The van der Waals surface area contributed by atoms with Crippen molar-refractivity contribution in [1.82, 2.24) is 15.1 Å². The number of hydrogen-bond acceptors (Lipinski definition) is 4. The summed E-state index contributed by atoms with van der Waals surface area (Å²) in [5.41, 5.74) is 0. The molecule has 0 aromatic carbocycles. The zero-order chi connectivity index (χ0) is 15.8.